The van der Waals surface area contributed by atoms with Gasteiger partial charge in [0.15, 0.2) is 11.5 Å². The number of nitrogens with two attached hydrogens (primary N) is 1. The van der Waals surface area contributed by atoms with Gasteiger partial charge in [0.25, 0.3) is 0 Å². The predicted molar refractivity (Wildman–Crippen MR) is 171 cm³/mol. The van der Waals surface area contributed by atoms with Crippen LogP contribution in [0.25, 0.3) is 39.6 Å². The molecule has 5 aromatic heterocycles. The zero-order valence-corrected chi connectivity index (χ0v) is 24.5. The van der Waals surface area contributed by atoms with Gasteiger partial charge in [0.05, 0.1) is 23.1 Å². The molecule has 46 heavy (non-hydrogen) atoms. The molecule has 0 radical (unpaired) electrons. The smallest absolute Gasteiger partial charge is 0.234 e. The van der Waals surface area contributed by atoms with Crippen LogP contribution in [0, 0.1) is 17.1 Å². The maximum Gasteiger partial charge on any atom is 0.234 e. The number of hydrogen-bond donors (Lipinski definition) is 1. The lowest BCUT2D eigenvalue weighted by Crippen LogP contribution is -2.30. The average Bonchev–Trinajstić information content (AvgIpc) is 3.77. The number of benzene rings is 1. The molecule has 0 spiro atoms. The standard InChI is InChI=1S/C34H26FN11/c35-24-5-8-27(40-15-24)28-9-10-29-34(41-28)46(33(42-29)26-2-1-12-39-32(26)37)25-6-3-21(4-7-25)16-44-17-22-19-45(20-23(22)18-44)31-11-13-38-30(14-36)43-31/h1-13,15H,16-20H2,(H2,37,39). The van der Waals surface area contributed by atoms with E-state index >= 15 is 0 Å². The summed E-state index contributed by atoms with van der Waals surface area (Å²) < 4.78 is 15.5. The Morgan fingerprint density at radius 3 is 2.35 bits per heavy atom. The van der Waals surface area contributed by atoms with Gasteiger partial charge < -0.3 is 10.6 Å². The molecule has 0 fully saturated rings. The number of imidazole rings is 1. The molecule has 0 aliphatic carbocycles. The van der Waals surface area contributed by atoms with Crippen molar-refractivity contribution < 1.29 is 4.39 Å². The van der Waals surface area contributed by atoms with Crippen LogP contribution in [0.15, 0.2) is 96.5 Å². The molecule has 0 saturated heterocycles. The Morgan fingerprint density at radius 1 is 0.804 bits per heavy atom. The quantitative estimate of drug-likeness (QED) is 0.268. The topological polar surface area (TPSA) is 139 Å². The number of hydrogen-bond acceptors (Lipinski definition) is 10. The lowest BCUT2D eigenvalue weighted by Gasteiger charge is -2.23. The molecule has 2 aliphatic rings. The lowest BCUT2D eigenvalue weighted by atomic mass is 10.1. The van der Waals surface area contributed by atoms with Crippen LogP contribution >= 0.6 is 0 Å². The van der Waals surface area contributed by atoms with E-state index in [2.05, 4.69) is 54.0 Å². The highest BCUT2D eigenvalue weighted by Crippen LogP contribution is 2.33. The van der Waals surface area contributed by atoms with E-state index in [0.717, 1.165) is 44.2 Å². The van der Waals surface area contributed by atoms with Crippen molar-refractivity contribution in [2.24, 2.45) is 0 Å². The molecule has 0 unspecified atom stereocenters. The summed E-state index contributed by atoms with van der Waals surface area (Å²) in [5.41, 5.74) is 14.4. The summed E-state index contributed by atoms with van der Waals surface area (Å²) in [4.78, 5) is 31.3. The molecule has 0 atom stereocenters. The van der Waals surface area contributed by atoms with Gasteiger partial charge in [-0.1, -0.05) is 12.1 Å². The molecule has 2 aliphatic heterocycles. The van der Waals surface area contributed by atoms with Crippen LogP contribution in [0.1, 0.15) is 11.4 Å². The highest BCUT2D eigenvalue weighted by Gasteiger charge is 2.30. The molecule has 2 N–H and O–H groups in total. The van der Waals surface area contributed by atoms with Crippen LogP contribution in [0.4, 0.5) is 16.0 Å². The fraction of sp³-hybridized carbons (Fsp3) is 0.147. The van der Waals surface area contributed by atoms with Crippen molar-refractivity contribution in [2.75, 3.05) is 36.8 Å². The lowest BCUT2D eigenvalue weighted by molar-refractivity contribution is 0.332. The van der Waals surface area contributed by atoms with Gasteiger partial charge in [-0.25, -0.2) is 29.3 Å². The van der Waals surface area contributed by atoms with Gasteiger partial charge >= 0.3 is 0 Å². The number of anilines is 2. The number of nitrogens with zero attached hydrogens (tertiary/aromatic N) is 10. The first kappa shape index (κ1) is 27.5. The van der Waals surface area contributed by atoms with Crippen LogP contribution in [0.5, 0.6) is 0 Å². The number of nitrogen functional groups attached to an aromatic ring is 1. The van der Waals surface area contributed by atoms with Crippen molar-refractivity contribution in [3.63, 3.8) is 0 Å². The van der Waals surface area contributed by atoms with Gasteiger partial charge in [-0.15, -0.1) is 0 Å². The van der Waals surface area contributed by atoms with Gasteiger partial charge in [0.1, 0.15) is 29.0 Å². The Morgan fingerprint density at radius 2 is 1.61 bits per heavy atom. The van der Waals surface area contributed by atoms with Crippen LogP contribution < -0.4 is 10.6 Å². The highest BCUT2D eigenvalue weighted by atomic mass is 19.1. The molecular formula is C34H26FN11. The third kappa shape index (κ3) is 4.98. The summed E-state index contributed by atoms with van der Waals surface area (Å²) in [7, 11) is 0. The highest BCUT2D eigenvalue weighted by molar-refractivity contribution is 5.84. The zero-order chi connectivity index (χ0) is 31.2. The Balaban J connectivity index is 1.06. The maximum atomic E-state index is 13.6. The normalized spacial score (nSPS) is 14.7. The van der Waals surface area contributed by atoms with E-state index in [9.17, 15) is 4.39 Å². The summed E-state index contributed by atoms with van der Waals surface area (Å²) in [6.45, 7) is 4.21. The van der Waals surface area contributed by atoms with Gasteiger partial charge in [-0.2, -0.15) is 5.26 Å². The molecule has 12 heteroatoms. The molecule has 1 aromatic carbocycles. The molecule has 0 amide bonds. The SMILES string of the molecule is N#Cc1nccc(N2CC3=C(CN(Cc4ccc(-n5c(-c6cccnc6N)nc6ccc(-c7ccc(F)cn7)nc65)cc4)C3)C2)n1. The number of nitriles is 1. The third-order valence-corrected chi connectivity index (χ3v) is 8.33. The van der Waals surface area contributed by atoms with E-state index in [1.54, 1.807) is 18.5 Å². The van der Waals surface area contributed by atoms with Crippen molar-refractivity contribution in [2.45, 2.75) is 6.54 Å². The molecule has 6 aromatic rings. The predicted octanol–water partition coefficient (Wildman–Crippen LogP) is 4.56. The van der Waals surface area contributed by atoms with Crippen molar-refractivity contribution in [1.82, 2.24) is 39.4 Å². The van der Waals surface area contributed by atoms with Crippen molar-refractivity contribution in [3.8, 4) is 34.5 Å². The first-order valence-corrected chi connectivity index (χ1v) is 14.7. The molecule has 7 heterocycles. The monoisotopic (exact) mass is 607 g/mol. The van der Waals surface area contributed by atoms with Crippen molar-refractivity contribution >= 4 is 22.8 Å². The summed E-state index contributed by atoms with van der Waals surface area (Å²) in [5.74, 6) is 1.57. The average molecular weight is 608 g/mol. The van der Waals surface area contributed by atoms with Gasteiger partial charge in [0, 0.05) is 50.8 Å². The number of pyridine rings is 3. The van der Waals surface area contributed by atoms with E-state index in [1.165, 1.54) is 29.0 Å². The molecular weight excluding hydrogens is 581 g/mol. The second kappa shape index (κ2) is 11.1. The number of fused-ring (bicyclic) bond motifs is 1. The van der Waals surface area contributed by atoms with Gasteiger partial charge in [-0.05, 0) is 71.3 Å². The minimum absolute atomic E-state index is 0.190. The van der Waals surface area contributed by atoms with Crippen LogP contribution in [0.2, 0.25) is 0 Å². The number of rotatable bonds is 6. The van der Waals surface area contributed by atoms with Crippen molar-refractivity contribution in [3.05, 3.63) is 114 Å². The fourth-order valence-corrected chi connectivity index (χ4v) is 6.18. The number of aromatic nitrogens is 7. The van der Waals surface area contributed by atoms with E-state index in [4.69, 9.17) is 21.0 Å². The molecule has 0 saturated carbocycles. The van der Waals surface area contributed by atoms with E-state index in [1.807, 2.05) is 41.0 Å². The zero-order valence-electron chi connectivity index (χ0n) is 24.5. The third-order valence-electron chi connectivity index (χ3n) is 8.33. The molecule has 0 bridgehead atoms. The Labute approximate surface area is 263 Å². The summed E-state index contributed by atoms with van der Waals surface area (Å²) in [5, 5.41) is 9.16. The van der Waals surface area contributed by atoms with Gasteiger partial charge in [-0.3, -0.25) is 14.5 Å². The van der Waals surface area contributed by atoms with Crippen LogP contribution in [0.3, 0.4) is 0 Å². The Kier molecular flexibility index (Phi) is 6.66. The molecule has 8 rings (SSSR count). The van der Waals surface area contributed by atoms with Crippen LogP contribution in [-0.2, 0) is 6.54 Å². The van der Waals surface area contributed by atoms with E-state index in [-0.39, 0.29) is 5.82 Å². The minimum atomic E-state index is -0.405. The first-order valence-electron chi connectivity index (χ1n) is 14.7. The Hall–Kier alpha value is -6.06. The fourth-order valence-electron chi connectivity index (χ4n) is 6.18. The Bertz CT molecular complexity index is 2160. The van der Waals surface area contributed by atoms with Crippen molar-refractivity contribution in [1.29, 1.82) is 5.26 Å². The van der Waals surface area contributed by atoms with E-state index < -0.39 is 5.82 Å². The second-order valence-electron chi connectivity index (χ2n) is 11.3. The second-order valence-corrected chi connectivity index (χ2v) is 11.3. The largest absolute Gasteiger partial charge is 0.383 e. The van der Waals surface area contributed by atoms with E-state index in [0.29, 0.717) is 39.8 Å². The maximum absolute atomic E-state index is 13.6. The summed E-state index contributed by atoms with van der Waals surface area (Å²) in [6, 6.07) is 22.7. The molecule has 11 nitrogen and oxygen atoms in total. The summed E-state index contributed by atoms with van der Waals surface area (Å²) >= 11 is 0. The van der Waals surface area contributed by atoms with Crippen LogP contribution in [-0.4, -0.2) is 65.5 Å². The summed E-state index contributed by atoms with van der Waals surface area (Å²) in [6.07, 6.45) is 4.47. The van der Waals surface area contributed by atoms with Gasteiger partial charge in [0.2, 0.25) is 5.82 Å². The first-order chi connectivity index (χ1) is 22.5. The number of halogens is 1. The molecule has 224 valence electrons. The minimum Gasteiger partial charge on any atom is -0.383 e.